The van der Waals surface area contributed by atoms with Crippen LogP contribution in [0.3, 0.4) is 0 Å². The zero-order valence-electron chi connectivity index (χ0n) is 16.6. The van der Waals surface area contributed by atoms with Crippen molar-refractivity contribution in [1.29, 1.82) is 0 Å². The van der Waals surface area contributed by atoms with Gasteiger partial charge in [0.25, 0.3) is 5.95 Å². The first-order valence-corrected chi connectivity index (χ1v) is 10.4. The van der Waals surface area contributed by atoms with Gasteiger partial charge < -0.3 is 5.32 Å². The molecular weight excluding hydrogens is 421 g/mol. The molecule has 4 rings (SSSR count). The van der Waals surface area contributed by atoms with E-state index >= 15 is 0 Å². The predicted octanol–water partition coefficient (Wildman–Crippen LogP) is 5.63. The Morgan fingerprint density at radius 1 is 1.17 bits per heavy atom. The van der Waals surface area contributed by atoms with Gasteiger partial charge in [-0.15, -0.1) is 5.10 Å². The summed E-state index contributed by atoms with van der Waals surface area (Å²) in [6.07, 6.45) is 2.44. The normalized spacial score (nSPS) is 15.4. The van der Waals surface area contributed by atoms with E-state index in [1.54, 1.807) is 4.68 Å². The minimum absolute atomic E-state index is 0.117. The second kappa shape index (κ2) is 8.50. The highest BCUT2D eigenvalue weighted by Crippen LogP contribution is 2.36. The van der Waals surface area contributed by atoms with E-state index in [9.17, 15) is 4.79 Å². The van der Waals surface area contributed by atoms with E-state index in [0.29, 0.717) is 22.4 Å². The number of benzene rings is 2. The number of carbonyl (C=O) groups excluding carboxylic acids is 1. The first-order chi connectivity index (χ1) is 14.4. The summed E-state index contributed by atoms with van der Waals surface area (Å²) in [5, 5.41) is 11.9. The monoisotopic (exact) mass is 441 g/mol. The van der Waals surface area contributed by atoms with Crippen LogP contribution in [0.2, 0.25) is 10.0 Å². The Morgan fingerprint density at radius 3 is 2.60 bits per heavy atom. The highest BCUT2D eigenvalue weighted by Gasteiger charge is 2.27. The van der Waals surface area contributed by atoms with Gasteiger partial charge in [0.05, 0.1) is 0 Å². The summed E-state index contributed by atoms with van der Waals surface area (Å²) in [4.78, 5) is 16.7. The lowest BCUT2D eigenvalue weighted by atomic mass is 10.0. The number of anilines is 2. The second-order valence-corrected chi connectivity index (χ2v) is 8.37. The molecule has 1 aliphatic rings. The molecule has 3 aromatic rings. The van der Waals surface area contributed by atoms with Gasteiger partial charge in [-0.2, -0.15) is 4.98 Å². The highest BCUT2D eigenvalue weighted by atomic mass is 35.5. The van der Waals surface area contributed by atoms with E-state index in [1.165, 1.54) is 0 Å². The van der Waals surface area contributed by atoms with E-state index in [2.05, 4.69) is 20.7 Å². The van der Waals surface area contributed by atoms with Gasteiger partial charge in [-0.1, -0.05) is 67.4 Å². The van der Waals surface area contributed by atoms with Crippen molar-refractivity contribution < 1.29 is 4.79 Å². The largest absolute Gasteiger partial charge is 0.324 e. The Kier molecular flexibility index (Phi) is 5.79. The third-order valence-corrected chi connectivity index (χ3v) is 5.29. The van der Waals surface area contributed by atoms with E-state index in [4.69, 9.17) is 23.2 Å². The molecule has 154 valence electrons. The number of halogens is 2. The van der Waals surface area contributed by atoms with Gasteiger partial charge in [0.1, 0.15) is 6.04 Å². The Bertz CT molecular complexity index is 1100. The van der Waals surface area contributed by atoms with Crippen molar-refractivity contribution in [3.63, 3.8) is 0 Å². The highest BCUT2D eigenvalue weighted by molar-refractivity contribution is 6.31. The number of nitrogens with zero attached hydrogens (tertiary/aromatic N) is 3. The van der Waals surface area contributed by atoms with Gasteiger partial charge in [-0.25, -0.2) is 4.68 Å². The van der Waals surface area contributed by atoms with Crippen LogP contribution in [-0.4, -0.2) is 20.7 Å². The molecule has 1 amide bonds. The summed E-state index contributed by atoms with van der Waals surface area (Å²) in [6.45, 7) is 3.98. The summed E-state index contributed by atoms with van der Waals surface area (Å²) in [6, 6.07) is 14.9. The minimum Gasteiger partial charge on any atom is -0.324 e. The molecule has 0 spiro atoms. The van der Waals surface area contributed by atoms with Gasteiger partial charge in [0.2, 0.25) is 11.9 Å². The number of fused-ring (bicyclic) bond motifs is 1. The second-order valence-electron chi connectivity index (χ2n) is 7.53. The molecule has 2 aromatic carbocycles. The van der Waals surface area contributed by atoms with Crippen molar-refractivity contribution in [2.75, 3.05) is 10.6 Å². The summed E-state index contributed by atoms with van der Waals surface area (Å²) in [5.74, 6) is 0.903. The smallest absolute Gasteiger partial charge is 0.250 e. The van der Waals surface area contributed by atoms with Gasteiger partial charge in [0, 0.05) is 22.2 Å². The van der Waals surface area contributed by atoms with Gasteiger partial charge in [-0.05, 0) is 41.3 Å². The Hall–Kier alpha value is -2.83. The van der Waals surface area contributed by atoms with Crippen molar-refractivity contribution in [3.8, 4) is 0 Å². The number of nitrogens with one attached hydrogen (secondary N) is 2. The molecule has 8 heteroatoms. The van der Waals surface area contributed by atoms with E-state index < -0.39 is 0 Å². The van der Waals surface area contributed by atoms with Gasteiger partial charge in [-0.3, -0.25) is 10.1 Å². The van der Waals surface area contributed by atoms with Gasteiger partial charge in [0.15, 0.2) is 0 Å². The number of aromatic nitrogens is 3. The van der Waals surface area contributed by atoms with Crippen LogP contribution in [-0.2, 0) is 4.79 Å². The summed E-state index contributed by atoms with van der Waals surface area (Å²) >= 11 is 12.5. The van der Waals surface area contributed by atoms with Crippen molar-refractivity contribution in [1.82, 2.24) is 14.8 Å². The summed E-state index contributed by atoms with van der Waals surface area (Å²) in [5.41, 5.74) is 2.70. The Labute approximate surface area is 184 Å². The van der Waals surface area contributed by atoms with Crippen LogP contribution in [0.15, 0.2) is 54.6 Å². The van der Waals surface area contributed by atoms with Crippen LogP contribution in [0.4, 0.5) is 11.9 Å². The van der Waals surface area contributed by atoms with Crippen LogP contribution in [0.25, 0.3) is 5.70 Å². The fourth-order valence-electron chi connectivity index (χ4n) is 3.33. The number of rotatable bonds is 5. The first-order valence-electron chi connectivity index (χ1n) is 9.66. The van der Waals surface area contributed by atoms with Crippen LogP contribution >= 0.6 is 23.2 Å². The molecule has 6 nitrogen and oxygen atoms in total. The van der Waals surface area contributed by atoms with Crippen molar-refractivity contribution in [3.05, 3.63) is 75.8 Å². The SMILES string of the molecule is CC(C)CC(=O)Nc1nc2n(n1)[C@@H](c1ccccc1Cl)C=C(c1ccc(Cl)cc1)N2. The zero-order valence-corrected chi connectivity index (χ0v) is 18.1. The number of allylic oxidation sites excluding steroid dienone is 1. The number of hydrogen-bond acceptors (Lipinski definition) is 4. The topological polar surface area (TPSA) is 71.8 Å². The molecule has 0 fully saturated rings. The van der Waals surface area contributed by atoms with Crippen LogP contribution < -0.4 is 10.6 Å². The molecule has 1 atom stereocenters. The molecule has 0 radical (unpaired) electrons. The van der Waals surface area contributed by atoms with E-state index in [-0.39, 0.29) is 23.8 Å². The third kappa shape index (κ3) is 4.35. The molecule has 2 heterocycles. The average Bonchev–Trinajstić information content (AvgIpc) is 3.09. The fraction of sp³-hybridized carbons (Fsp3) is 0.227. The van der Waals surface area contributed by atoms with Crippen LogP contribution in [0.1, 0.15) is 37.4 Å². The molecular formula is C22H21Cl2N5O. The first kappa shape index (κ1) is 20.4. The molecule has 0 unspecified atom stereocenters. The Morgan fingerprint density at radius 2 is 1.90 bits per heavy atom. The third-order valence-electron chi connectivity index (χ3n) is 4.69. The lowest BCUT2D eigenvalue weighted by Gasteiger charge is -2.24. The van der Waals surface area contributed by atoms with E-state index in [0.717, 1.165) is 16.8 Å². The quantitative estimate of drug-likeness (QED) is 0.538. The van der Waals surface area contributed by atoms with Crippen molar-refractivity contribution >= 4 is 46.7 Å². The molecule has 2 N–H and O–H groups in total. The maximum Gasteiger partial charge on any atom is 0.250 e. The summed E-state index contributed by atoms with van der Waals surface area (Å²) < 4.78 is 1.73. The van der Waals surface area contributed by atoms with Crippen LogP contribution in [0.5, 0.6) is 0 Å². The molecule has 1 aromatic heterocycles. The fourth-order valence-corrected chi connectivity index (χ4v) is 3.70. The number of amides is 1. The number of hydrogen-bond donors (Lipinski definition) is 2. The zero-order chi connectivity index (χ0) is 21.3. The predicted molar refractivity (Wildman–Crippen MR) is 121 cm³/mol. The molecule has 0 saturated heterocycles. The van der Waals surface area contributed by atoms with Gasteiger partial charge >= 0.3 is 0 Å². The molecule has 0 aliphatic carbocycles. The maximum absolute atomic E-state index is 12.2. The maximum atomic E-state index is 12.2. The minimum atomic E-state index is -0.288. The Balaban J connectivity index is 1.73. The van der Waals surface area contributed by atoms with Crippen LogP contribution in [0, 0.1) is 5.92 Å². The molecule has 30 heavy (non-hydrogen) atoms. The molecule has 0 saturated carbocycles. The number of carbonyl (C=O) groups is 1. The van der Waals surface area contributed by atoms with E-state index in [1.807, 2.05) is 68.5 Å². The standard InChI is InChI=1S/C22H21Cl2N5O/c1-13(2)11-20(30)26-21-27-22-25-18(14-7-9-15(23)10-8-14)12-19(29(22)28-21)16-5-3-4-6-17(16)24/h3-10,12-13,19H,11H2,1-2H3,(H2,25,26,27,28,30)/t19-/m1/s1. The summed E-state index contributed by atoms with van der Waals surface area (Å²) in [7, 11) is 0. The molecule has 1 aliphatic heterocycles. The molecule has 0 bridgehead atoms. The van der Waals surface area contributed by atoms with Crippen molar-refractivity contribution in [2.45, 2.75) is 26.3 Å². The lowest BCUT2D eigenvalue weighted by Crippen LogP contribution is -2.20. The van der Waals surface area contributed by atoms with Crippen molar-refractivity contribution in [2.24, 2.45) is 5.92 Å². The lowest BCUT2D eigenvalue weighted by molar-refractivity contribution is -0.116. The average molecular weight is 442 g/mol.